The molecule has 7 nitrogen and oxygen atoms in total. The minimum Gasteiger partial charge on any atom is -0.299 e. The van der Waals surface area contributed by atoms with Crippen LogP contribution in [0.2, 0.25) is 0 Å². The van der Waals surface area contributed by atoms with Gasteiger partial charge >= 0.3 is 0 Å². The average Bonchev–Trinajstić information content (AvgIpc) is 3.14. The molecular formula is C22H27N6O+. The first-order valence-electron chi connectivity index (χ1n) is 9.83. The molecule has 29 heavy (non-hydrogen) atoms. The maximum absolute atomic E-state index is 12.9. The Balaban J connectivity index is 1.98. The molecule has 1 aliphatic rings. The van der Waals surface area contributed by atoms with Gasteiger partial charge in [0.15, 0.2) is 18.6 Å². The van der Waals surface area contributed by atoms with Crippen LogP contribution < -0.4 is 4.68 Å². The highest BCUT2D eigenvalue weighted by Crippen LogP contribution is 2.33. The molecule has 150 valence electrons. The molecule has 0 N–H and O–H groups in total. The molecule has 0 unspecified atom stereocenters. The molecule has 4 rings (SSSR count). The number of carbonyl (C=O) groups excluding carboxylic acids is 1. The fourth-order valence-electron chi connectivity index (χ4n) is 3.68. The number of aryl methyl sites for hydroxylation is 2. The lowest BCUT2D eigenvalue weighted by molar-refractivity contribution is -0.751. The number of aliphatic imine (C=N–C) groups is 1. The van der Waals surface area contributed by atoms with Crippen LogP contribution in [-0.4, -0.2) is 30.9 Å². The Kier molecular flexibility index (Phi) is 4.48. The molecule has 3 heterocycles. The summed E-state index contributed by atoms with van der Waals surface area (Å²) in [6.07, 6.45) is 2.35. The van der Waals surface area contributed by atoms with E-state index < -0.39 is 11.5 Å². The van der Waals surface area contributed by atoms with E-state index in [0.29, 0.717) is 5.82 Å². The molecule has 0 saturated carbocycles. The summed E-state index contributed by atoms with van der Waals surface area (Å²) >= 11 is 0. The third-order valence-corrected chi connectivity index (χ3v) is 5.51. The molecule has 3 aromatic rings. The molecule has 0 spiro atoms. The van der Waals surface area contributed by atoms with Crippen molar-refractivity contribution in [2.75, 3.05) is 0 Å². The van der Waals surface area contributed by atoms with Gasteiger partial charge in [0.1, 0.15) is 23.3 Å². The van der Waals surface area contributed by atoms with Crippen molar-refractivity contribution < 1.29 is 9.48 Å². The second-order valence-electron chi connectivity index (χ2n) is 8.64. The lowest BCUT2D eigenvalue weighted by atomic mass is 9.87. The number of ketones is 1. The topological polar surface area (TPSA) is 69.0 Å². The molecule has 0 radical (unpaired) electrons. The number of rotatable bonds is 3. The van der Waals surface area contributed by atoms with Crippen molar-refractivity contribution in [3.8, 4) is 5.69 Å². The van der Waals surface area contributed by atoms with Crippen molar-refractivity contribution in [2.45, 2.75) is 40.2 Å². The Bertz CT molecular complexity index is 1110. The van der Waals surface area contributed by atoms with E-state index in [1.807, 2.05) is 69.2 Å². The van der Waals surface area contributed by atoms with Crippen molar-refractivity contribution in [3.63, 3.8) is 0 Å². The maximum Gasteiger partial charge on any atom is 0.220 e. The van der Waals surface area contributed by atoms with Gasteiger partial charge in [0.05, 0.1) is 12.8 Å². The van der Waals surface area contributed by atoms with Crippen LogP contribution in [0.15, 0.2) is 41.5 Å². The number of hydrogen-bond acceptors (Lipinski definition) is 4. The van der Waals surface area contributed by atoms with Crippen LogP contribution in [0.4, 0.5) is 0 Å². The van der Waals surface area contributed by atoms with Crippen molar-refractivity contribution in [2.24, 2.45) is 24.5 Å². The van der Waals surface area contributed by atoms with Crippen LogP contribution >= 0.6 is 0 Å². The summed E-state index contributed by atoms with van der Waals surface area (Å²) in [5.41, 5.74) is 3.39. The number of hydrogen-bond donors (Lipinski definition) is 0. The zero-order chi connectivity index (χ0) is 20.9. The van der Waals surface area contributed by atoms with Gasteiger partial charge in [-0.3, -0.25) is 14.4 Å². The van der Waals surface area contributed by atoms with E-state index in [0.717, 1.165) is 28.5 Å². The molecule has 7 heteroatoms. The standard InChI is InChI=1S/C22H27N6O/c1-14-24-25-21-16(12-18(29)22(2,3)4)23-19(15-10-8-7-9-11-15)20-17(28(14)21)13-26(5)27(20)6/h7-11,13,16H,12H2,1-6H3/q+1/t16-/m0/s1. The zero-order valence-corrected chi connectivity index (χ0v) is 17.8. The molecule has 1 atom stereocenters. The van der Waals surface area contributed by atoms with Gasteiger partial charge < -0.3 is 0 Å². The van der Waals surface area contributed by atoms with E-state index in [2.05, 4.69) is 33.2 Å². The van der Waals surface area contributed by atoms with Gasteiger partial charge in [0.25, 0.3) is 0 Å². The summed E-state index contributed by atoms with van der Waals surface area (Å²) in [5.74, 6) is 1.64. The third-order valence-electron chi connectivity index (χ3n) is 5.51. The normalized spacial score (nSPS) is 16.1. The summed E-state index contributed by atoms with van der Waals surface area (Å²) < 4.78 is 6.13. The van der Waals surface area contributed by atoms with Crippen LogP contribution in [0.25, 0.3) is 5.69 Å². The second-order valence-corrected chi connectivity index (χ2v) is 8.64. The smallest absolute Gasteiger partial charge is 0.220 e. The van der Waals surface area contributed by atoms with Gasteiger partial charge in [0.2, 0.25) is 6.20 Å². The number of benzene rings is 1. The highest BCUT2D eigenvalue weighted by Gasteiger charge is 2.35. The van der Waals surface area contributed by atoms with E-state index >= 15 is 0 Å². The van der Waals surface area contributed by atoms with Gasteiger partial charge in [-0.1, -0.05) is 51.1 Å². The van der Waals surface area contributed by atoms with Crippen molar-refractivity contribution in [1.29, 1.82) is 0 Å². The first-order valence-corrected chi connectivity index (χ1v) is 9.83. The predicted octanol–water partition coefficient (Wildman–Crippen LogP) is 2.64. The molecule has 2 aromatic heterocycles. The van der Waals surface area contributed by atoms with Crippen molar-refractivity contribution in [3.05, 3.63) is 59.4 Å². The maximum atomic E-state index is 12.9. The third kappa shape index (κ3) is 3.20. The van der Waals surface area contributed by atoms with E-state index in [4.69, 9.17) is 4.99 Å². The van der Waals surface area contributed by atoms with Gasteiger partial charge in [-0.2, -0.15) is 4.68 Å². The fourth-order valence-corrected chi connectivity index (χ4v) is 3.68. The van der Waals surface area contributed by atoms with Crippen LogP contribution in [-0.2, 0) is 18.9 Å². The van der Waals surface area contributed by atoms with E-state index in [9.17, 15) is 4.79 Å². The predicted molar refractivity (Wildman–Crippen MR) is 110 cm³/mol. The number of Topliss-reactive ketones (excluding diaryl/α,β-unsaturated/α-hetero) is 1. The first-order chi connectivity index (χ1) is 13.7. The lowest BCUT2D eigenvalue weighted by Crippen LogP contribution is -2.38. The zero-order valence-electron chi connectivity index (χ0n) is 17.8. The highest BCUT2D eigenvalue weighted by molar-refractivity contribution is 6.14. The van der Waals surface area contributed by atoms with Gasteiger partial charge in [-0.25, -0.2) is 0 Å². The second kappa shape index (κ2) is 6.76. The fraction of sp³-hybridized carbons (Fsp3) is 0.409. The molecule has 0 amide bonds. The van der Waals surface area contributed by atoms with Crippen molar-refractivity contribution in [1.82, 2.24) is 19.4 Å². The number of aromatic nitrogens is 5. The van der Waals surface area contributed by atoms with Gasteiger partial charge in [0, 0.05) is 17.4 Å². The summed E-state index contributed by atoms with van der Waals surface area (Å²) in [6.45, 7) is 7.76. The quantitative estimate of drug-likeness (QED) is 0.645. The SMILES string of the molecule is Cc1nnc2n1-c1c[n+](C)n(C)c1C(c1ccccc1)=N[C@H]2CC(=O)C(C)(C)C. The molecular weight excluding hydrogens is 364 g/mol. The summed E-state index contributed by atoms with van der Waals surface area (Å²) in [7, 11) is 4.01. The Morgan fingerprint density at radius 2 is 1.86 bits per heavy atom. The molecule has 0 saturated heterocycles. The molecule has 0 fully saturated rings. The van der Waals surface area contributed by atoms with Gasteiger partial charge in [-0.05, 0) is 6.92 Å². The van der Waals surface area contributed by atoms with E-state index in [-0.39, 0.29) is 12.2 Å². The molecule has 1 aliphatic heterocycles. The summed E-state index contributed by atoms with van der Waals surface area (Å²) in [5, 5.41) is 8.74. The Labute approximate surface area is 170 Å². The molecule has 1 aromatic carbocycles. The van der Waals surface area contributed by atoms with Crippen LogP contribution in [0, 0.1) is 12.3 Å². The van der Waals surface area contributed by atoms with Crippen molar-refractivity contribution >= 4 is 11.5 Å². The number of carbonyl (C=O) groups is 1. The summed E-state index contributed by atoms with van der Waals surface area (Å²) in [4.78, 5) is 18.0. The minimum atomic E-state index is -0.437. The van der Waals surface area contributed by atoms with Gasteiger partial charge in [-0.15, -0.1) is 14.9 Å². The highest BCUT2D eigenvalue weighted by atomic mass is 16.1. The van der Waals surface area contributed by atoms with E-state index in [1.165, 1.54) is 0 Å². The lowest BCUT2D eigenvalue weighted by Gasteiger charge is -2.19. The Hall–Kier alpha value is -3.09. The van der Waals surface area contributed by atoms with Crippen LogP contribution in [0.1, 0.15) is 56.1 Å². The first kappa shape index (κ1) is 19.2. The Morgan fingerprint density at radius 1 is 1.17 bits per heavy atom. The monoisotopic (exact) mass is 391 g/mol. The minimum absolute atomic E-state index is 0.155. The summed E-state index contributed by atoms with van der Waals surface area (Å²) in [6, 6.07) is 9.72. The average molecular weight is 391 g/mol. The van der Waals surface area contributed by atoms with Crippen LogP contribution in [0.5, 0.6) is 0 Å². The molecule has 0 aliphatic carbocycles. The number of fused-ring (bicyclic) bond motifs is 3. The molecule has 0 bridgehead atoms. The largest absolute Gasteiger partial charge is 0.299 e. The Morgan fingerprint density at radius 3 is 2.52 bits per heavy atom. The van der Waals surface area contributed by atoms with E-state index in [1.54, 1.807) is 0 Å². The van der Waals surface area contributed by atoms with Crippen LogP contribution in [0.3, 0.4) is 0 Å². The number of nitrogens with zero attached hydrogens (tertiary/aromatic N) is 6.